The number of hydrogen-bond acceptors (Lipinski definition) is 4. The summed E-state index contributed by atoms with van der Waals surface area (Å²) in [5.41, 5.74) is -0.507. The Kier molecular flexibility index (Phi) is 3.00. The molecule has 6 nitrogen and oxygen atoms in total. The van der Waals surface area contributed by atoms with E-state index >= 15 is 0 Å². The minimum Gasteiger partial charge on any atom is -0.298 e. The molecule has 0 spiro atoms. The molecule has 0 aromatic rings. The average Bonchev–Trinajstić information content (AvgIpc) is 2.50. The van der Waals surface area contributed by atoms with Crippen molar-refractivity contribution in [3.05, 3.63) is 0 Å². The Bertz CT molecular complexity index is 567. The number of imide groups is 2. The lowest BCUT2D eigenvalue weighted by Gasteiger charge is -2.56. The summed E-state index contributed by atoms with van der Waals surface area (Å²) in [5.74, 6) is -1.15. The van der Waals surface area contributed by atoms with E-state index in [1.807, 2.05) is 0 Å². The first-order valence-corrected chi connectivity index (χ1v) is 8.46. The van der Waals surface area contributed by atoms with Gasteiger partial charge in [0.2, 0.25) is 0 Å². The molecule has 6 heteroatoms. The highest BCUT2D eigenvalue weighted by atomic mass is 16.2. The Morgan fingerprint density at radius 3 is 1.65 bits per heavy atom. The van der Waals surface area contributed by atoms with Gasteiger partial charge in [-0.3, -0.25) is 24.2 Å². The molecule has 124 valence electrons. The highest BCUT2D eigenvalue weighted by Crippen LogP contribution is 2.61. The first-order valence-electron chi connectivity index (χ1n) is 8.46. The van der Waals surface area contributed by atoms with Gasteiger partial charge in [-0.1, -0.05) is 0 Å². The number of rotatable bonds is 2. The molecule has 5 rings (SSSR count). The molecule has 0 N–H and O–H groups in total. The number of hydrogen-bond donors (Lipinski definition) is 0. The van der Waals surface area contributed by atoms with Crippen molar-refractivity contribution in [3.63, 3.8) is 0 Å². The van der Waals surface area contributed by atoms with Gasteiger partial charge in [0.05, 0.1) is 0 Å². The summed E-state index contributed by atoms with van der Waals surface area (Å²) in [5, 5.41) is 0. The molecular weight excluding hydrogens is 296 g/mol. The molecule has 0 aromatic carbocycles. The topological polar surface area (TPSA) is 74.8 Å². The number of carbonyl (C=O) groups excluding carboxylic acids is 4. The minimum atomic E-state index is -1.32. The fourth-order valence-corrected chi connectivity index (χ4v) is 5.85. The van der Waals surface area contributed by atoms with Crippen LogP contribution < -0.4 is 0 Å². The van der Waals surface area contributed by atoms with E-state index in [2.05, 4.69) is 0 Å². The zero-order valence-corrected chi connectivity index (χ0v) is 13.6. The maximum atomic E-state index is 13.3. The second kappa shape index (κ2) is 4.65. The summed E-state index contributed by atoms with van der Waals surface area (Å²) in [7, 11) is 2.68. The van der Waals surface area contributed by atoms with Crippen molar-refractivity contribution >= 4 is 23.6 Å². The smallest absolute Gasteiger partial charge is 0.298 e. The molecule has 1 saturated heterocycles. The van der Waals surface area contributed by atoms with Crippen molar-refractivity contribution in [2.24, 2.45) is 29.1 Å². The van der Waals surface area contributed by atoms with Crippen LogP contribution in [0.15, 0.2) is 0 Å². The minimum absolute atomic E-state index is 0.224. The van der Waals surface area contributed by atoms with E-state index in [0.29, 0.717) is 17.8 Å². The van der Waals surface area contributed by atoms with Crippen LogP contribution in [0, 0.1) is 29.1 Å². The quantitative estimate of drug-likeness (QED) is 0.722. The second-order valence-electron chi connectivity index (χ2n) is 8.07. The van der Waals surface area contributed by atoms with Gasteiger partial charge in [0, 0.05) is 19.5 Å². The summed E-state index contributed by atoms with van der Waals surface area (Å²) >= 11 is 0. The van der Waals surface area contributed by atoms with Crippen molar-refractivity contribution in [2.45, 2.75) is 38.5 Å². The number of nitrogens with zero attached hydrogens (tertiary/aromatic N) is 2. The van der Waals surface area contributed by atoms with Crippen LogP contribution in [0.25, 0.3) is 0 Å². The van der Waals surface area contributed by atoms with Crippen molar-refractivity contribution < 1.29 is 19.2 Å². The van der Waals surface area contributed by atoms with Crippen molar-refractivity contribution in [3.8, 4) is 0 Å². The van der Waals surface area contributed by atoms with Gasteiger partial charge < -0.3 is 0 Å². The van der Waals surface area contributed by atoms with Gasteiger partial charge in [0.15, 0.2) is 11.7 Å². The molecule has 4 bridgehead atoms. The number of barbiturate groups is 1. The molecule has 4 amide bonds. The lowest BCUT2D eigenvalue weighted by Crippen LogP contribution is -2.62. The fourth-order valence-electron chi connectivity index (χ4n) is 5.85. The lowest BCUT2D eigenvalue weighted by atomic mass is 9.47. The second-order valence-corrected chi connectivity index (χ2v) is 8.07. The molecule has 1 heterocycles. The maximum absolute atomic E-state index is 13.3. The van der Waals surface area contributed by atoms with Crippen LogP contribution in [0.1, 0.15) is 38.5 Å². The van der Waals surface area contributed by atoms with E-state index in [4.69, 9.17) is 0 Å². The molecule has 0 unspecified atom stereocenters. The van der Waals surface area contributed by atoms with Crippen LogP contribution >= 0.6 is 0 Å². The molecule has 23 heavy (non-hydrogen) atoms. The molecular formula is C17H22N2O4. The summed E-state index contributed by atoms with van der Waals surface area (Å²) in [6.45, 7) is 0. The highest BCUT2D eigenvalue weighted by Gasteiger charge is 2.59. The van der Waals surface area contributed by atoms with E-state index in [0.717, 1.165) is 29.1 Å². The summed E-state index contributed by atoms with van der Waals surface area (Å²) in [4.78, 5) is 51.9. The molecule has 4 saturated carbocycles. The van der Waals surface area contributed by atoms with Gasteiger partial charge in [-0.15, -0.1) is 0 Å². The number of ketones is 1. The van der Waals surface area contributed by atoms with Crippen LogP contribution in [-0.2, 0) is 14.4 Å². The van der Waals surface area contributed by atoms with Gasteiger partial charge in [0.25, 0.3) is 11.8 Å². The Balaban J connectivity index is 1.67. The van der Waals surface area contributed by atoms with Crippen molar-refractivity contribution in [2.75, 3.05) is 14.1 Å². The molecule has 0 radical (unpaired) electrons. The van der Waals surface area contributed by atoms with Crippen molar-refractivity contribution in [1.29, 1.82) is 0 Å². The summed E-state index contributed by atoms with van der Waals surface area (Å²) in [6, 6.07) is -0.658. The van der Waals surface area contributed by atoms with E-state index < -0.39 is 29.2 Å². The predicted octanol–water partition coefficient (Wildman–Crippen LogP) is 1.44. The normalized spacial score (nSPS) is 40.3. The lowest BCUT2D eigenvalue weighted by molar-refractivity contribution is -0.162. The number of amides is 4. The van der Waals surface area contributed by atoms with Crippen LogP contribution in [-0.4, -0.2) is 47.5 Å². The molecule has 4 aliphatic carbocycles. The first-order chi connectivity index (χ1) is 10.8. The van der Waals surface area contributed by atoms with Gasteiger partial charge in [0.1, 0.15) is 0 Å². The fraction of sp³-hybridized carbons (Fsp3) is 0.765. The van der Waals surface area contributed by atoms with E-state index in [-0.39, 0.29) is 5.78 Å². The van der Waals surface area contributed by atoms with E-state index in [1.54, 1.807) is 0 Å². The van der Waals surface area contributed by atoms with Crippen LogP contribution in [0.5, 0.6) is 0 Å². The zero-order chi connectivity index (χ0) is 16.5. The molecule has 5 fully saturated rings. The van der Waals surface area contributed by atoms with Crippen LogP contribution in [0.3, 0.4) is 0 Å². The third kappa shape index (κ3) is 1.93. The number of Topliss-reactive ketones (excluding diaryl/α,β-unsaturated/α-hetero) is 1. The molecule has 5 aliphatic rings. The third-order valence-electron chi connectivity index (χ3n) is 6.55. The Hall–Kier alpha value is -1.72. The third-order valence-corrected chi connectivity index (χ3v) is 6.55. The SMILES string of the molecule is CN1C(=O)C(C(=O)C23CC4CC(CC(C4)C2)C3)C(=O)N(C)C1=O. The monoisotopic (exact) mass is 318 g/mol. The van der Waals surface area contributed by atoms with Crippen LogP contribution in [0.2, 0.25) is 0 Å². The Morgan fingerprint density at radius 1 is 0.870 bits per heavy atom. The predicted molar refractivity (Wildman–Crippen MR) is 80.0 cm³/mol. The summed E-state index contributed by atoms with van der Waals surface area (Å²) < 4.78 is 0. The molecule has 0 aromatic heterocycles. The first kappa shape index (κ1) is 14.8. The largest absolute Gasteiger partial charge is 0.332 e. The van der Waals surface area contributed by atoms with Crippen LogP contribution in [0.4, 0.5) is 4.79 Å². The van der Waals surface area contributed by atoms with Gasteiger partial charge in [-0.25, -0.2) is 4.79 Å². The average molecular weight is 318 g/mol. The van der Waals surface area contributed by atoms with Crippen molar-refractivity contribution in [1.82, 2.24) is 9.80 Å². The number of carbonyl (C=O) groups is 4. The zero-order valence-electron chi connectivity index (χ0n) is 13.6. The van der Waals surface area contributed by atoms with Gasteiger partial charge in [-0.05, 0) is 56.3 Å². The van der Waals surface area contributed by atoms with Gasteiger partial charge >= 0.3 is 6.03 Å². The van der Waals surface area contributed by atoms with E-state index in [1.165, 1.54) is 33.4 Å². The van der Waals surface area contributed by atoms with Gasteiger partial charge in [-0.2, -0.15) is 0 Å². The Morgan fingerprint density at radius 2 is 1.26 bits per heavy atom. The maximum Gasteiger partial charge on any atom is 0.332 e. The van der Waals surface area contributed by atoms with E-state index in [9.17, 15) is 19.2 Å². The standard InChI is InChI=1S/C17H22N2O4/c1-18-14(21)12(15(22)19(2)16(18)23)13(20)17-6-9-3-10(7-17)5-11(4-9)8-17/h9-12H,3-8H2,1-2H3. The molecule has 1 aliphatic heterocycles. The Labute approximate surface area is 135 Å². The summed E-state index contributed by atoms with van der Waals surface area (Å²) in [6.07, 6.45) is 6.02. The molecule has 0 atom stereocenters. The highest BCUT2D eigenvalue weighted by molar-refractivity contribution is 6.27. The number of urea groups is 1.